The summed E-state index contributed by atoms with van der Waals surface area (Å²) < 4.78 is 13.4. The van der Waals surface area contributed by atoms with Gasteiger partial charge in [-0.15, -0.1) is 0 Å². The molecule has 2 fully saturated rings. The summed E-state index contributed by atoms with van der Waals surface area (Å²) in [5, 5.41) is 0.497. The van der Waals surface area contributed by atoms with Crippen molar-refractivity contribution in [1.82, 2.24) is 4.90 Å². The highest BCUT2D eigenvalue weighted by Crippen LogP contribution is 2.44. The molecule has 0 aliphatic carbocycles. The molecule has 0 bridgehead atoms. The molecule has 3 nitrogen and oxygen atoms in total. The third-order valence-corrected chi connectivity index (χ3v) is 6.24. The molecule has 4 rings (SSSR count). The minimum Gasteiger partial charge on any atom is -0.361 e. The van der Waals surface area contributed by atoms with Crippen molar-refractivity contribution in [3.63, 3.8) is 0 Å². The molecule has 2 heterocycles. The molecule has 142 valence electrons. The van der Waals surface area contributed by atoms with E-state index in [1.807, 2.05) is 29.2 Å². The highest BCUT2D eigenvalue weighted by atomic mass is 35.5. The van der Waals surface area contributed by atoms with Crippen molar-refractivity contribution < 1.29 is 9.18 Å². The number of hydrogen-bond acceptors (Lipinski definition) is 2. The fourth-order valence-electron chi connectivity index (χ4n) is 4.83. The second-order valence-corrected chi connectivity index (χ2v) is 8.53. The quantitative estimate of drug-likeness (QED) is 0.713. The molecule has 5 heteroatoms. The van der Waals surface area contributed by atoms with Crippen LogP contribution in [0.1, 0.15) is 43.5 Å². The van der Waals surface area contributed by atoms with E-state index in [2.05, 4.69) is 18.7 Å². The molecule has 2 aliphatic heterocycles. The van der Waals surface area contributed by atoms with Crippen molar-refractivity contribution >= 4 is 23.2 Å². The monoisotopic (exact) mass is 386 g/mol. The molecule has 2 aromatic carbocycles. The number of rotatable bonds is 2. The maximum absolute atomic E-state index is 13.4. The largest absolute Gasteiger partial charge is 0.361 e. The van der Waals surface area contributed by atoms with Crippen LogP contribution in [0.2, 0.25) is 5.02 Å². The van der Waals surface area contributed by atoms with E-state index >= 15 is 0 Å². The number of piperidine rings is 1. The molecule has 0 spiro atoms. The lowest BCUT2D eigenvalue weighted by molar-refractivity contribution is 0.0605. The first-order valence-corrected chi connectivity index (χ1v) is 9.87. The van der Waals surface area contributed by atoms with Crippen LogP contribution in [-0.4, -0.2) is 35.0 Å². The predicted molar refractivity (Wildman–Crippen MR) is 107 cm³/mol. The van der Waals surface area contributed by atoms with Gasteiger partial charge in [0.2, 0.25) is 0 Å². The lowest BCUT2D eigenvalue weighted by Gasteiger charge is -2.42. The van der Waals surface area contributed by atoms with Crippen LogP contribution >= 0.6 is 11.6 Å². The molecular formula is C22H24ClFN2O. The number of carbonyl (C=O) groups is 1. The molecule has 2 aromatic rings. The van der Waals surface area contributed by atoms with Crippen LogP contribution in [0.3, 0.4) is 0 Å². The Labute approximate surface area is 164 Å². The molecule has 0 unspecified atom stereocenters. The van der Waals surface area contributed by atoms with Gasteiger partial charge in [-0.05, 0) is 69.5 Å². The molecule has 0 radical (unpaired) electrons. The third-order valence-electron chi connectivity index (χ3n) is 5.91. The van der Waals surface area contributed by atoms with Gasteiger partial charge in [-0.3, -0.25) is 4.79 Å². The fourth-order valence-corrected chi connectivity index (χ4v) is 5.04. The average Bonchev–Trinajstić information content (AvgIpc) is 2.92. The van der Waals surface area contributed by atoms with E-state index in [0.29, 0.717) is 10.6 Å². The van der Waals surface area contributed by atoms with E-state index in [9.17, 15) is 9.18 Å². The highest BCUT2D eigenvalue weighted by molar-refractivity contribution is 6.33. The molecule has 0 aromatic heterocycles. The van der Waals surface area contributed by atoms with Crippen LogP contribution in [0.15, 0.2) is 48.5 Å². The Morgan fingerprint density at radius 1 is 1.11 bits per heavy atom. The van der Waals surface area contributed by atoms with E-state index in [0.717, 1.165) is 31.5 Å². The van der Waals surface area contributed by atoms with Gasteiger partial charge in [0.25, 0.3) is 5.91 Å². The predicted octanol–water partition coefficient (Wildman–Crippen LogP) is 5.14. The van der Waals surface area contributed by atoms with Crippen molar-refractivity contribution in [1.29, 1.82) is 0 Å². The second kappa shape index (κ2) is 6.83. The molecule has 0 N–H and O–H groups in total. The van der Waals surface area contributed by atoms with E-state index in [1.165, 1.54) is 12.1 Å². The molecule has 1 amide bonds. The summed E-state index contributed by atoms with van der Waals surface area (Å²) in [4.78, 5) is 17.6. The molecule has 27 heavy (non-hydrogen) atoms. The van der Waals surface area contributed by atoms with Gasteiger partial charge in [-0.2, -0.15) is 0 Å². The van der Waals surface area contributed by atoms with Crippen LogP contribution < -0.4 is 4.90 Å². The second-order valence-electron chi connectivity index (χ2n) is 8.12. The fraction of sp³-hybridized carbons (Fsp3) is 0.409. The summed E-state index contributed by atoms with van der Waals surface area (Å²) in [5.74, 6) is -0.224. The van der Waals surface area contributed by atoms with E-state index < -0.39 is 0 Å². The van der Waals surface area contributed by atoms with Gasteiger partial charge in [-0.1, -0.05) is 23.7 Å². The Balaban J connectivity index is 1.67. The number of benzene rings is 2. The third kappa shape index (κ3) is 3.20. The Kier molecular flexibility index (Phi) is 4.63. The minimum absolute atomic E-state index is 0.00653. The summed E-state index contributed by atoms with van der Waals surface area (Å²) in [6.45, 7) is 5.15. The first-order chi connectivity index (χ1) is 12.9. The van der Waals surface area contributed by atoms with Gasteiger partial charge in [0, 0.05) is 17.8 Å². The van der Waals surface area contributed by atoms with Crippen molar-refractivity contribution in [3.05, 3.63) is 64.9 Å². The topological polar surface area (TPSA) is 23.6 Å². The number of nitrogens with zero attached hydrogens (tertiary/aromatic N) is 2. The Morgan fingerprint density at radius 3 is 2.52 bits per heavy atom. The molecule has 2 aliphatic rings. The molecule has 2 atom stereocenters. The van der Waals surface area contributed by atoms with Gasteiger partial charge in [-0.25, -0.2) is 4.39 Å². The zero-order chi connectivity index (χ0) is 19.2. The number of anilines is 1. The molecule has 0 saturated carbocycles. The highest BCUT2D eigenvalue weighted by Gasteiger charge is 2.50. The summed E-state index contributed by atoms with van der Waals surface area (Å²) in [6.07, 6.45) is 2.86. The van der Waals surface area contributed by atoms with Crippen molar-refractivity contribution in [2.75, 3.05) is 11.4 Å². The molecular weight excluding hydrogens is 363 g/mol. The van der Waals surface area contributed by atoms with E-state index in [-0.39, 0.29) is 29.3 Å². The number of amides is 1. The maximum Gasteiger partial charge on any atom is 0.255 e. The summed E-state index contributed by atoms with van der Waals surface area (Å²) in [7, 11) is 0. The first kappa shape index (κ1) is 18.3. The molecule has 2 saturated heterocycles. The zero-order valence-corrected chi connectivity index (χ0v) is 16.4. The lowest BCUT2D eigenvalue weighted by Crippen LogP contribution is -2.52. The first-order valence-electron chi connectivity index (χ1n) is 9.49. The normalized spacial score (nSPS) is 24.0. The van der Waals surface area contributed by atoms with Crippen LogP contribution in [0, 0.1) is 5.82 Å². The zero-order valence-electron chi connectivity index (χ0n) is 15.7. The van der Waals surface area contributed by atoms with E-state index in [4.69, 9.17) is 11.6 Å². The van der Waals surface area contributed by atoms with Crippen molar-refractivity contribution in [2.45, 2.75) is 50.7 Å². The smallest absolute Gasteiger partial charge is 0.255 e. The van der Waals surface area contributed by atoms with Crippen molar-refractivity contribution in [2.24, 2.45) is 0 Å². The van der Waals surface area contributed by atoms with Gasteiger partial charge in [0.05, 0.1) is 22.7 Å². The number of likely N-dealkylation sites (tertiary alicyclic amines) is 1. The van der Waals surface area contributed by atoms with Crippen LogP contribution in [0.5, 0.6) is 0 Å². The van der Waals surface area contributed by atoms with Crippen LogP contribution in [0.4, 0.5) is 10.1 Å². The Hall–Kier alpha value is -2.07. The van der Waals surface area contributed by atoms with Gasteiger partial charge >= 0.3 is 0 Å². The van der Waals surface area contributed by atoms with Gasteiger partial charge < -0.3 is 9.80 Å². The van der Waals surface area contributed by atoms with Crippen LogP contribution in [0.25, 0.3) is 0 Å². The number of halogens is 2. The SMILES string of the molecule is CC1(C)C[C@H]2[C@H](CCCN2C(=O)c2ccccc2Cl)N1c1ccc(F)cc1. The Bertz CT molecular complexity index is 852. The number of hydrogen-bond donors (Lipinski definition) is 0. The summed E-state index contributed by atoms with van der Waals surface area (Å²) >= 11 is 6.28. The average molecular weight is 387 g/mol. The number of fused-ring (bicyclic) bond motifs is 1. The van der Waals surface area contributed by atoms with Crippen LogP contribution in [-0.2, 0) is 0 Å². The van der Waals surface area contributed by atoms with Gasteiger partial charge in [0.1, 0.15) is 5.82 Å². The maximum atomic E-state index is 13.4. The van der Waals surface area contributed by atoms with E-state index in [1.54, 1.807) is 12.1 Å². The summed E-state index contributed by atoms with van der Waals surface area (Å²) in [5.41, 5.74) is 1.47. The summed E-state index contributed by atoms with van der Waals surface area (Å²) in [6, 6.07) is 14.3. The van der Waals surface area contributed by atoms with Gasteiger partial charge in [0.15, 0.2) is 0 Å². The van der Waals surface area contributed by atoms with Crippen molar-refractivity contribution in [3.8, 4) is 0 Å². The standard InChI is InChI=1S/C22H24ClFN2O/c1-22(2)14-20-19(26(22)16-11-9-15(24)10-12-16)8-5-13-25(20)21(27)17-6-3-4-7-18(17)23/h3-4,6-7,9-12,19-20H,5,8,13-14H2,1-2H3/t19-,20-/m0/s1. The lowest BCUT2D eigenvalue weighted by atomic mass is 9.93. The Morgan fingerprint density at radius 2 is 1.81 bits per heavy atom. The number of carbonyl (C=O) groups excluding carboxylic acids is 1. The minimum atomic E-state index is -0.230.